The number of nitrogens with zero attached hydrogens (tertiary/aromatic N) is 4. The number of likely N-dealkylation sites (tertiary alicyclic amines) is 1. The van der Waals surface area contributed by atoms with Crippen LogP contribution in [0.1, 0.15) is 55.2 Å². The highest BCUT2D eigenvalue weighted by atomic mass is 16.2. The van der Waals surface area contributed by atoms with Crippen LogP contribution >= 0.6 is 0 Å². The van der Waals surface area contributed by atoms with Gasteiger partial charge in [0.1, 0.15) is 11.6 Å². The molecule has 2 saturated heterocycles. The van der Waals surface area contributed by atoms with Gasteiger partial charge in [0.15, 0.2) is 5.82 Å². The van der Waals surface area contributed by atoms with Crippen molar-refractivity contribution in [2.75, 3.05) is 25.0 Å². The zero-order chi connectivity index (χ0) is 19.5. The van der Waals surface area contributed by atoms with Crippen molar-refractivity contribution < 1.29 is 4.79 Å². The Hall–Kier alpha value is -2.48. The maximum absolute atomic E-state index is 12.7. The fourth-order valence-electron chi connectivity index (χ4n) is 4.16. The standard InChI is InChI=1S/C20H29N7O/c1-13-11-19(26-25-13)24-18-12-17(22-14(2)23-18)15-6-9-27(10-7-15)20(28)16-5-3-4-8-21-16/h11-12,15-16,21H,3-10H2,1-2H3,(H2,22,23,24,25,26)/t16-/m0/s1. The van der Waals surface area contributed by atoms with E-state index in [0.29, 0.717) is 5.92 Å². The third-order valence-electron chi connectivity index (χ3n) is 5.65. The third kappa shape index (κ3) is 4.32. The highest BCUT2D eigenvalue weighted by Gasteiger charge is 2.30. The molecule has 4 heterocycles. The Morgan fingerprint density at radius 1 is 1.11 bits per heavy atom. The maximum atomic E-state index is 12.7. The first-order chi connectivity index (χ1) is 13.6. The van der Waals surface area contributed by atoms with E-state index in [-0.39, 0.29) is 11.9 Å². The number of hydrogen-bond donors (Lipinski definition) is 3. The van der Waals surface area contributed by atoms with Crippen molar-refractivity contribution in [3.8, 4) is 0 Å². The van der Waals surface area contributed by atoms with E-state index in [1.54, 1.807) is 0 Å². The number of piperidine rings is 2. The van der Waals surface area contributed by atoms with Crippen LogP contribution in [0.15, 0.2) is 12.1 Å². The molecule has 0 saturated carbocycles. The number of H-pyrrole nitrogens is 1. The van der Waals surface area contributed by atoms with Crippen LogP contribution in [0, 0.1) is 13.8 Å². The van der Waals surface area contributed by atoms with Crippen molar-refractivity contribution in [2.24, 2.45) is 0 Å². The summed E-state index contributed by atoms with van der Waals surface area (Å²) in [6.07, 6.45) is 5.16. The van der Waals surface area contributed by atoms with Crippen LogP contribution in [-0.4, -0.2) is 56.6 Å². The number of anilines is 2. The monoisotopic (exact) mass is 383 g/mol. The molecule has 1 amide bonds. The highest BCUT2D eigenvalue weighted by Crippen LogP contribution is 2.29. The summed E-state index contributed by atoms with van der Waals surface area (Å²) in [5.74, 6) is 2.89. The van der Waals surface area contributed by atoms with Crippen LogP contribution in [0.4, 0.5) is 11.6 Å². The summed E-state index contributed by atoms with van der Waals surface area (Å²) in [6, 6.07) is 3.97. The first-order valence-corrected chi connectivity index (χ1v) is 10.3. The second kappa shape index (κ2) is 8.26. The van der Waals surface area contributed by atoms with Gasteiger partial charge in [-0.25, -0.2) is 9.97 Å². The second-order valence-electron chi connectivity index (χ2n) is 7.89. The van der Waals surface area contributed by atoms with Gasteiger partial charge in [-0.1, -0.05) is 6.42 Å². The smallest absolute Gasteiger partial charge is 0.239 e. The molecule has 0 spiro atoms. The normalized spacial score (nSPS) is 20.9. The van der Waals surface area contributed by atoms with Gasteiger partial charge in [-0.2, -0.15) is 5.10 Å². The van der Waals surface area contributed by atoms with Crippen LogP contribution in [0.3, 0.4) is 0 Å². The first kappa shape index (κ1) is 18.9. The van der Waals surface area contributed by atoms with Gasteiger partial charge in [-0.05, 0) is 46.1 Å². The average Bonchev–Trinajstić information content (AvgIpc) is 3.12. The third-order valence-corrected chi connectivity index (χ3v) is 5.65. The topological polar surface area (TPSA) is 98.8 Å². The van der Waals surface area contributed by atoms with Crippen LogP contribution in [0.25, 0.3) is 0 Å². The lowest BCUT2D eigenvalue weighted by Crippen LogP contribution is -2.50. The van der Waals surface area contributed by atoms with Crippen molar-refractivity contribution in [1.29, 1.82) is 0 Å². The summed E-state index contributed by atoms with van der Waals surface area (Å²) in [6.45, 7) is 6.43. The van der Waals surface area contributed by atoms with Gasteiger partial charge in [0.2, 0.25) is 5.91 Å². The minimum atomic E-state index is 0.0136. The molecule has 0 radical (unpaired) electrons. The number of nitrogens with one attached hydrogen (secondary N) is 3. The number of aromatic nitrogens is 4. The van der Waals surface area contributed by atoms with Gasteiger partial charge in [-0.3, -0.25) is 9.89 Å². The summed E-state index contributed by atoms with van der Waals surface area (Å²) < 4.78 is 0. The number of hydrogen-bond acceptors (Lipinski definition) is 6. The van der Waals surface area contributed by atoms with Gasteiger partial charge in [0.25, 0.3) is 0 Å². The SMILES string of the molecule is Cc1nc(Nc2cc(C)[nH]n2)cc(C2CCN(C(=O)[C@@H]3CCCCN3)CC2)n1. The first-order valence-electron chi connectivity index (χ1n) is 10.3. The van der Waals surface area contributed by atoms with E-state index in [1.165, 1.54) is 6.42 Å². The number of aryl methyl sites for hydroxylation is 2. The zero-order valence-corrected chi connectivity index (χ0v) is 16.7. The van der Waals surface area contributed by atoms with Gasteiger partial charge in [0, 0.05) is 42.5 Å². The molecule has 8 heteroatoms. The molecule has 2 aliphatic heterocycles. The Kier molecular flexibility index (Phi) is 5.57. The summed E-state index contributed by atoms with van der Waals surface area (Å²) in [7, 11) is 0. The Balaban J connectivity index is 1.39. The number of carbonyl (C=O) groups is 1. The molecule has 2 fully saturated rings. The molecule has 4 rings (SSSR count). The largest absolute Gasteiger partial charge is 0.341 e. The summed E-state index contributed by atoms with van der Waals surface area (Å²) >= 11 is 0. The van der Waals surface area contributed by atoms with Crippen LogP contribution < -0.4 is 10.6 Å². The van der Waals surface area contributed by atoms with Gasteiger partial charge >= 0.3 is 0 Å². The zero-order valence-electron chi connectivity index (χ0n) is 16.7. The molecular formula is C20H29N7O. The molecule has 1 atom stereocenters. The molecule has 2 aromatic heterocycles. The second-order valence-corrected chi connectivity index (χ2v) is 7.89. The molecule has 28 heavy (non-hydrogen) atoms. The van der Waals surface area contributed by atoms with Crippen LogP contribution in [-0.2, 0) is 4.79 Å². The van der Waals surface area contributed by atoms with E-state index >= 15 is 0 Å². The number of amides is 1. The van der Waals surface area contributed by atoms with E-state index in [1.807, 2.05) is 30.9 Å². The molecule has 0 aromatic carbocycles. The molecule has 0 aliphatic carbocycles. The van der Waals surface area contributed by atoms with E-state index < -0.39 is 0 Å². The van der Waals surface area contributed by atoms with E-state index in [9.17, 15) is 4.79 Å². The molecular weight excluding hydrogens is 354 g/mol. The number of carbonyl (C=O) groups excluding carboxylic acids is 1. The van der Waals surface area contributed by atoms with Gasteiger partial charge in [-0.15, -0.1) is 0 Å². The Labute approximate surface area is 165 Å². The van der Waals surface area contributed by atoms with Crippen LogP contribution in [0.2, 0.25) is 0 Å². The quantitative estimate of drug-likeness (QED) is 0.750. The lowest BCUT2D eigenvalue weighted by molar-refractivity contribution is -0.135. The average molecular weight is 384 g/mol. The van der Waals surface area contributed by atoms with Crippen molar-refractivity contribution in [1.82, 2.24) is 30.4 Å². The fraction of sp³-hybridized carbons (Fsp3) is 0.600. The maximum Gasteiger partial charge on any atom is 0.239 e. The minimum absolute atomic E-state index is 0.0136. The Bertz CT molecular complexity index is 820. The molecule has 2 aliphatic rings. The lowest BCUT2D eigenvalue weighted by Gasteiger charge is -2.35. The van der Waals surface area contributed by atoms with E-state index in [4.69, 9.17) is 0 Å². The van der Waals surface area contributed by atoms with E-state index in [0.717, 1.165) is 74.2 Å². The molecule has 2 aromatic rings. The van der Waals surface area contributed by atoms with Gasteiger partial charge < -0.3 is 15.5 Å². The minimum Gasteiger partial charge on any atom is -0.341 e. The Morgan fingerprint density at radius 2 is 1.93 bits per heavy atom. The Morgan fingerprint density at radius 3 is 2.61 bits per heavy atom. The number of rotatable bonds is 4. The van der Waals surface area contributed by atoms with Crippen molar-refractivity contribution in [3.63, 3.8) is 0 Å². The highest BCUT2D eigenvalue weighted by molar-refractivity contribution is 5.82. The van der Waals surface area contributed by atoms with Crippen molar-refractivity contribution >= 4 is 17.5 Å². The van der Waals surface area contributed by atoms with Crippen molar-refractivity contribution in [2.45, 2.75) is 57.9 Å². The predicted molar refractivity (Wildman–Crippen MR) is 108 cm³/mol. The summed E-state index contributed by atoms with van der Waals surface area (Å²) in [4.78, 5) is 23.9. The number of aromatic amines is 1. The van der Waals surface area contributed by atoms with Crippen molar-refractivity contribution in [3.05, 3.63) is 29.3 Å². The fourth-order valence-corrected chi connectivity index (χ4v) is 4.16. The molecule has 3 N–H and O–H groups in total. The van der Waals surface area contributed by atoms with Gasteiger partial charge in [0.05, 0.1) is 6.04 Å². The molecule has 8 nitrogen and oxygen atoms in total. The molecule has 0 unspecified atom stereocenters. The van der Waals surface area contributed by atoms with Crippen LogP contribution in [0.5, 0.6) is 0 Å². The molecule has 150 valence electrons. The summed E-state index contributed by atoms with van der Waals surface area (Å²) in [5, 5.41) is 13.8. The summed E-state index contributed by atoms with van der Waals surface area (Å²) in [5.41, 5.74) is 2.04. The van der Waals surface area contributed by atoms with E-state index in [2.05, 4.69) is 30.8 Å². The lowest BCUT2D eigenvalue weighted by atomic mass is 9.92. The molecule has 0 bridgehead atoms. The predicted octanol–water partition coefficient (Wildman–Crippen LogP) is 2.41.